The molecular weight excluding hydrogens is 222 g/mol. The molecule has 0 radical (unpaired) electrons. The van der Waals surface area contributed by atoms with Crippen LogP contribution in [-0.4, -0.2) is 15.5 Å². The summed E-state index contributed by atoms with van der Waals surface area (Å²) < 4.78 is 2.74. The molecule has 90 valence electrons. The average molecular weight is 241 g/mol. The number of aromatic amines is 1. The van der Waals surface area contributed by atoms with E-state index in [-0.39, 0.29) is 11.3 Å². The molecule has 0 aromatic carbocycles. The largest absolute Gasteiger partial charge is 0.370 e. The normalized spacial score (nSPS) is 11.7. The molecule has 0 atom stereocenters. The van der Waals surface area contributed by atoms with Crippen molar-refractivity contribution in [3.63, 3.8) is 0 Å². The third kappa shape index (κ3) is 3.20. The van der Waals surface area contributed by atoms with Gasteiger partial charge in [-0.05, 0) is 18.6 Å². The molecule has 0 spiro atoms. The summed E-state index contributed by atoms with van der Waals surface area (Å²) in [6, 6.07) is 0. The fourth-order valence-electron chi connectivity index (χ4n) is 1.65. The van der Waals surface area contributed by atoms with E-state index in [1.165, 1.54) is 0 Å². The van der Waals surface area contributed by atoms with E-state index in [0.29, 0.717) is 11.2 Å². The number of imidazole rings is 1. The first-order valence-electron chi connectivity index (χ1n) is 5.39. The lowest BCUT2D eigenvalue weighted by molar-refractivity contribution is -0.118. The molecule has 0 bridgehead atoms. The van der Waals surface area contributed by atoms with Crippen molar-refractivity contribution in [1.82, 2.24) is 9.55 Å². The molecule has 16 heavy (non-hydrogen) atoms. The molecule has 1 aromatic rings. The molecule has 4 nitrogen and oxygen atoms in total. The molecule has 1 rings (SSSR count). The van der Waals surface area contributed by atoms with Crippen molar-refractivity contribution in [3.05, 3.63) is 16.7 Å². The van der Waals surface area contributed by atoms with Gasteiger partial charge in [-0.15, -0.1) is 0 Å². The van der Waals surface area contributed by atoms with E-state index in [0.717, 1.165) is 18.7 Å². The number of hydrogen-bond donors (Lipinski definition) is 2. The van der Waals surface area contributed by atoms with Crippen molar-refractivity contribution in [1.29, 1.82) is 0 Å². The van der Waals surface area contributed by atoms with Crippen LogP contribution in [0, 0.1) is 4.77 Å². The van der Waals surface area contributed by atoms with Crippen LogP contribution in [0.5, 0.6) is 0 Å². The Bertz CT molecular complexity index is 425. The Morgan fingerprint density at radius 2 is 2.19 bits per heavy atom. The van der Waals surface area contributed by atoms with Gasteiger partial charge in [-0.2, -0.15) is 0 Å². The quantitative estimate of drug-likeness (QED) is 0.793. The maximum absolute atomic E-state index is 10.7. The number of primary amides is 1. The molecule has 5 heteroatoms. The zero-order valence-corrected chi connectivity index (χ0v) is 10.9. The Morgan fingerprint density at radius 3 is 2.69 bits per heavy atom. The monoisotopic (exact) mass is 241 g/mol. The maximum Gasteiger partial charge on any atom is 0.217 e. The second-order valence-electron chi connectivity index (χ2n) is 4.95. The summed E-state index contributed by atoms with van der Waals surface area (Å²) >= 11 is 5.21. The number of hydrogen-bond acceptors (Lipinski definition) is 2. The number of carbonyl (C=O) groups excluding carboxylic acids is 1. The van der Waals surface area contributed by atoms with Crippen molar-refractivity contribution in [3.8, 4) is 0 Å². The fraction of sp³-hybridized carbons (Fsp3) is 0.636. The van der Waals surface area contributed by atoms with Crippen molar-refractivity contribution in [2.75, 3.05) is 0 Å². The smallest absolute Gasteiger partial charge is 0.217 e. The molecular formula is C11H19N3OS. The molecule has 0 unspecified atom stereocenters. The van der Waals surface area contributed by atoms with E-state index in [1.54, 1.807) is 0 Å². The van der Waals surface area contributed by atoms with Gasteiger partial charge in [-0.1, -0.05) is 20.8 Å². The Balaban J connectivity index is 2.83. The van der Waals surface area contributed by atoms with Crippen LogP contribution in [0.3, 0.4) is 0 Å². The number of amides is 1. The van der Waals surface area contributed by atoms with E-state index in [1.807, 2.05) is 10.8 Å². The zero-order valence-electron chi connectivity index (χ0n) is 10.0. The minimum Gasteiger partial charge on any atom is -0.370 e. The number of aromatic nitrogens is 2. The Kier molecular flexibility index (Phi) is 3.91. The maximum atomic E-state index is 10.7. The molecule has 0 aliphatic carbocycles. The number of H-pyrrole nitrogens is 1. The van der Waals surface area contributed by atoms with Crippen molar-refractivity contribution in [2.24, 2.45) is 5.73 Å². The van der Waals surface area contributed by atoms with E-state index < -0.39 is 0 Å². The second-order valence-corrected chi connectivity index (χ2v) is 5.34. The van der Waals surface area contributed by atoms with E-state index in [4.69, 9.17) is 18.0 Å². The van der Waals surface area contributed by atoms with Gasteiger partial charge in [0.1, 0.15) is 0 Å². The summed E-state index contributed by atoms with van der Waals surface area (Å²) in [5, 5.41) is 0. The number of nitrogens with one attached hydrogen (secondary N) is 1. The lowest BCUT2D eigenvalue weighted by Crippen LogP contribution is -2.18. The minimum absolute atomic E-state index is 0.0419. The van der Waals surface area contributed by atoms with Crippen LogP contribution in [-0.2, 0) is 16.8 Å². The van der Waals surface area contributed by atoms with Crippen LogP contribution in [0.15, 0.2) is 6.20 Å². The van der Waals surface area contributed by atoms with Crippen molar-refractivity contribution < 1.29 is 4.79 Å². The highest BCUT2D eigenvalue weighted by molar-refractivity contribution is 7.71. The van der Waals surface area contributed by atoms with Gasteiger partial charge in [0.25, 0.3) is 0 Å². The first-order valence-corrected chi connectivity index (χ1v) is 5.80. The van der Waals surface area contributed by atoms with Crippen LogP contribution in [0.2, 0.25) is 0 Å². The van der Waals surface area contributed by atoms with E-state index in [9.17, 15) is 4.79 Å². The van der Waals surface area contributed by atoms with Gasteiger partial charge in [-0.25, -0.2) is 0 Å². The van der Waals surface area contributed by atoms with Gasteiger partial charge in [0.2, 0.25) is 5.91 Å². The SMILES string of the molecule is CC(C)(C)c1c[nH]c(=S)n1CCCC(N)=O. The van der Waals surface area contributed by atoms with E-state index in [2.05, 4.69) is 25.8 Å². The Labute approximate surface area is 101 Å². The summed E-state index contributed by atoms with van der Waals surface area (Å²) in [6.45, 7) is 7.14. The van der Waals surface area contributed by atoms with Gasteiger partial charge in [0, 0.05) is 30.3 Å². The van der Waals surface area contributed by atoms with Crippen molar-refractivity contribution >= 4 is 18.1 Å². The first-order chi connectivity index (χ1) is 7.32. The summed E-state index contributed by atoms with van der Waals surface area (Å²) in [6.07, 6.45) is 3.06. The predicted octanol–water partition coefficient (Wildman–Crippen LogP) is 2.11. The minimum atomic E-state index is -0.264. The zero-order chi connectivity index (χ0) is 12.3. The van der Waals surface area contributed by atoms with Crippen LogP contribution in [0.25, 0.3) is 0 Å². The summed E-state index contributed by atoms with van der Waals surface area (Å²) in [4.78, 5) is 13.7. The van der Waals surface area contributed by atoms with Crippen LogP contribution < -0.4 is 5.73 Å². The topological polar surface area (TPSA) is 63.8 Å². The summed E-state index contributed by atoms with van der Waals surface area (Å²) in [7, 11) is 0. The van der Waals surface area contributed by atoms with Crippen LogP contribution in [0.4, 0.5) is 0 Å². The molecule has 0 saturated heterocycles. The van der Waals surface area contributed by atoms with Gasteiger partial charge in [0.05, 0.1) is 0 Å². The fourth-order valence-corrected chi connectivity index (χ4v) is 1.90. The summed E-state index contributed by atoms with van der Waals surface area (Å²) in [5.41, 5.74) is 6.31. The first kappa shape index (κ1) is 13.0. The van der Waals surface area contributed by atoms with Gasteiger partial charge >= 0.3 is 0 Å². The second kappa shape index (κ2) is 4.82. The molecule has 0 aliphatic heterocycles. The highest BCUT2D eigenvalue weighted by atomic mass is 32.1. The van der Waals surface area contributed by atoms with Crippen molar-refractivity contribution in [2.45, 2.75) is 45.6 Å². The van der Waals surface area contributed by atoms with Crippen LogP contribution >= 0.6 is 12.2 Å². The molecule has 0 saturated carbocycles. The standard InChI is InChI=1S/C11H19N3OS/c1-11(2,3)8-7-13-10(16)14(8)6-4-5-9(12)15/h7H,4-6H2,1-3H3,(H2,12,15)(H,13,16). The predicted molar refractivity (Wildman–Crippen MR) is 66.7 cm³/mol. The van der Waals surface area contributed by atoms with Gasteiger partial charge in [-0.3, -0.25) is 4.79 Å². The van der Waals surface area contributed by atoms with Gasteiger partial charge in [0.15, 0.2) is 4.77 Å². The lowest BCUT2D eigenvalue weighted by atomic mass is 9.92. The number of nitrogens with two attached hydrogens (primary N) is 1. The average Bonchev–Trinajstić information content (AvgIpc) is 2.46. The van der Waals surface area contributed by atoms with E-state index >= 15 is 0 Å². The number of rotatable bonds is 4. The third-order valence-electron chi connectivity index (χ3n) is 2.44. The number of nitrogens with zero attached hydrogens (tertiary/aromatic N) is 1. The van der Waals surface area contributed by atoms with Gasteiger partial charge < -0.3 is 15.3 Å². The molecule has 1 amide bonds. The molecule has 0 aliphatic rings. The third-order valence-corrected chi connectivity index (χ3v) is 2.78. The summed E-state index contributed by atoms with van der Waals surface area (Å²) in [5.74, 6) is -0.264. The Morgan fingerprint density at radius 1 is 1.56 bits per heavy atom. The molecule has 1 heterocycles. The Hall–Kier alpha value is -1.10. The molecule has 1 aromatic heterocycles. The molecule has 0 fully saturated rings. The highest BCUT2D eigenvalue weighted by Crippen LogP contribution is 2.22. The molecule has 3 N–H and O–H groups in total. The highest BCUT2D eigenvalue weighted by Gasteiger charge is 2.18. The lowest BCUT2D eigenvalue weighted by Gasteiger charge is -2.20. The van der Waals surface area contributed by atoms with Crippen LogP contribution in [0.1, 0.15) is 39.3 Å². The number of carbonyl (C=O) groups is 1.